The number of ether oxygens (including phenoxy) is 1. The summed E-state index contributed by atoms with van der Waals surface area (Å²) in [6.07, 6.45) is 3.36. The molecule has 2 aliphatic rings. The topological polar surface area (TPSA) is 32.7 Å². The molecule has 3 nitrogen and oxygen atoms in total. The van der Waals surface area contributed by atoms with Gasteiger partial charge in [0.2, 0.25) is 0 Å². The number of hydrogen-bond donors (Lipinski definition) is 1. The molecular weight excluding hydrogens is 178 g/mol. The molecule has 1 N–H and O–H groups in total. The molecule has 14 heavy (non-hydrogen) atoms. The molecule has 0 aromatic carbocycles. The zero-order valence-corrected chi connectivity index (χ0v) is 8.98. The third-order valence-corrected chi connectivity index (χ3v) is 3.37. The molecule has 0 bridgehead atoms. The van der Waals surface area contributed by atoms with Crippen LogP contribution in [0.25, 0.3) is 0 Å². The highest BCUT2D eigenvalue weighted by atomic mass is 16.5. The summed E-state index contributed by atoms with van der Waals surface area (Å²) in [5.74, 6) is 0.337. The molecule has 1 saturated heterocycles. The van der Waals surface area contributed by atoms with Crippen molar-refractivity contribution in [1.82, 2.24) is 4.90 Å². The van der Waals surface area contributed by atoms with Crippen LogP contribution in [0.1, 0.15) is 26.2 Å². The van der Waals surface area contributed by atoms with Crippen LogP contribution in [0.4, 0.5) is 0 Å². The minimum atomic E-state index is -0.142. The summed E-state index contributed by atoms with van der Waals surface area (Å²) in [5.41, 5.74) is 0. The summed E-state index contributed by atoms with van der Waals surface area (Å²) < 4.78 is 5.41. The molecule has 0 amide bonds. The summed E-state index contributed by atoms with van der Waals surface area (Å²) in [6.45, 7) is 5.79. The number of nitrogens with zero attached hydrogens (tertiary/aromatic N) is 1. The maximum atomic E-state index is 9.81. The van der Waals surface area contributed by atoms with E-state index in [9.17, 15) is 5.11 Å². The van der Waals surface area contributed by atoms with Gasteiger partial charge in [-0.15, -0.1) is 0 Å². The summed E-state index contributed by atoms with van der Waals surface area (Å²) in [5, 5.41) is 9.81. The molecule has 0 spiro atoms. The van der Waals surface area contributed by atoms with Gasteiger partial charge in [-0.25, -0.2) is 0 Å². The predicted molar refractivity (Wildman–Crippen MR) is 55.2 cm³/mol. The molecule has 1 aliphatic carbocycles. The summed E-state index contributed by atoms with van der Waals surface area (Å²) in [6, 6.07) is 0.800. The summed E-state index contributed by atoms with van der Waals surface area (Å²) in [7, 11) is 0. The Morgan fingerprint density at radius 1 is 1.36 bits per heavy atom. The van der Waals surface area contributed by atoms with Crippen molar-refractivity contribution >= 4 is 0 Å². The van der Waals surface area contributed by atoms with E-state index < -0.39 is 0 Å². The zero-order chi connectivity index (χ0) is 9.97. The van der Waals surface area contributed by atoms with Gasteiger partial charge in [0, 0.05) is 25.1 Å². The summed E-state index contributed by atoms with van der Waals surface area (Å²) in [4.78, 5) is 2.49. The van der Waals surface area contributed by atoms with Gasteiger partial charge in [0.05, 0.1) is 12.7 Å². The van der Waals surface area contributed by atoms with Crippen LogP contribution in [-0.4, -0.2) is 48.5 Å². The van der Waals surface area contributed by atoms with Gasteiger partial charge in [-0.1, -0.05) is 6.92 Å². The number of aliphatic hydroxyl groups excluding tert-OH is 1. The van der Waals surface area contributed by atoms with E-state index in [-0.39, 0.29) is 6.10 Å². The summed E-state index contributed by atoms with van der Waals surface area (Å²) >= 11 is 0. The molecule has 0 radical (unpaired) electrons. The predicted octanol–water partition coefficient (Wildman–Crippen LogP) is 0.868. The molecule has 1 aliphatic heterocycles. The maximum Gasteiger partial charge on any atom is 0.0624 e. The number of hydrogen-bond acceptors (Lipinski definition) is 3. The fourth-order valence-corrected chi connectivity index (χ4v) is 2.24. The standard InChI is InChI=1S/C11H21NO2/c1-2-12(10-3-4-10)7-9-8-14-6-5-11(9)13/h9-11,13H,2-8H2,1H3. The van der Waals surface area contributed by atoms with E-state index in [1.165, 1.54) is 12.8 Å². The Labute approximate surface area is 86.0 Å². The zero-order valence-electron chi connectivity index (χ0n) is 8.98. The Bertz CT molecular complexity index is 182. The first-order valence-corrected chi connectivity index (χ1v) is 5.81. The first-order chi connectivity index (χ1) is 6.81. The van der Waals surface area contributed by atoms with E-state index in [4.69, 9.17) is 4.74 Å². The van der Waals surface area contributed by atoms with Gasteiger partial charge >= 0.3 is 0 Å². The van der Waals surface area contributed by atoms with E-state index in [1.807, 2.05) is 0 Å². The largest absolute Gasteiger partial charge is 0.393 e. The first kappa shape index (κ1) is 10.4. The van der Waals surface area contributed by atoms with Gasteiger partial charge in [-0.3, -0.25) is 0 Å². The molecule has 3 heteroatoms. The quantitative estimate of drug-likeness (QED) is 0.729. The lowest BCUT2D eigenvalue weighted by Crippen LogP contribution is -2.41. The fraction of sp³-hybridized carbons (Fsp3) is 1.00. The van der Waals surface area contributed by atoms with Crippen LogP contribution in [0.3, 0.4) is 0 Å². The highest BCUT2D eigenvalue weighted by Gasteiger charge is 2.32. The second kappa shape index (κ2) is 4.60. The van der Waals surface area contributed by atoms with Gasteiger partial charge < -0.3 is 14.7 Å². The second-order valence-electron chi connectivity index (χ2n) is 4.51. The lowest BCUT2D eigenvalue weighted by molar-refractivity contribution is -0.0469. The Morgan fingerprint density at radius 2 is 2.14 bits per heavy atom. The van der Waals surface area contributed by atoms with Crippen molar-refractivity contribution in [3.8, 4) is 0 Å². The first-order valence-electron chi connectivity index (χ1n) is 5.81. The van der Waals surface area contributed by atoms with Crippen LogP contribution in [0.15, 0.2) is 0 Å². The van der Waals surface area contributed by atoms with Gasteiger partial charge in [0.25, 0.3) is 0 Å². The highest BCUT2D eigenvalue weighted by Crippen LogP contribution is 2.28. The fourth-order valence-electron chi connectivity index (χ4n) is 2.24. The van der Waals surface area contributed by atoms with Crippen LogP contribution in [0.5, 0.6) is 0 Å². The van der Waals surface area contributed by atoms with Gasteiger partial charge in [-0.05, 0) is 25.8 Å². The van der Waals surface area contributed by atoms with Gasteiger partial charge in [0.1, 0.15) is 0 Å². The van der Waals surface area contributed by atoms with Crippen LogP contribution < -0.4 is 0 Å². The molecule has 2 unspecified atom stereocenters. The third kappa shape index (κ3) is 2.47. The molecule has 0 aromatic heterocycles. The lowest BCUT2D eigenvalue weighted by Gasteiger charge is -2.32. The normalized spacial score (nSPS) is 33.6. The second-order valence-corrected chi connectivity index (χ2v) is 4.51. The molecule has 82 valence electrons. The molecular formula is C11H21NO2. The SMILES string of the molecule is CCN(CC1COCCC1O)C1CC1. The third-order valence-electron chi connectivity index (χ3n) is 3.37. The van der Waals surface area contributed by atoms with Crippen molar-refractivity contribution in [3.63, 3.8) is 0 Å². The van der Waals surface area contributed by atoms with Crippen LogP contribution >= 0.6 is 0 Å². The van der Waals surface area contributed by atoms with E-state index >= 15 is 0 Å². The van der Waals surface area contributed by atoms with Crippen LogP contribution in [-0.2, 0) is 4.74 Å². The van der Waals surface area contributed by atoms with E-state index in [2.05, 4.69) is 11.8 Å². The van der Waals surface area contributed by atoms with E-state index in [1.54, 1.807) is 0 Å². The smallest absolute Gasteiger partial charge is 0.0624 e. The Hall–Kier alpha value is -0.120. The molecule has 2 rings (SSSR count). The maximum absolute atomic E-state index is 9.81. The Kier molecular flexibility index (Phi) is 3.42. The van der Waals surface area contributed by atoms with E-state index in [0.29, 0.717) is 5.92 Å². The average Bonchev–Trinajstić information content (AvgIpc) is 3.00. The van der Waals surface area contributed by atoms with Crippen LogP contribution in [0, 0.1) is 5.92 Å². The van der Waals surface area contributed by atoms with Gasteiger partial charge in [0.15, 0.2) is 0 Å². The molecule has 1 saturated carbocycles. The number of rotatable bonds is 4. The van der Waals surface area contributed by atoms with Crippen molar-refractivity contribution in [1.29, 1.82) is 0 Å². The Balaban J connectivity index is 1.81. The van der Waals surface area contributed by atoms with Gasteiger partial charge in [-0.2, -0.15) is 0 Å². The van der Waals surface area contributed by atoms with E-state index in [0.717, 1.165) is 38.8 Å². The van der Waals surface area contributed by atoms with Crippen molar-refractivity contribution < 1.29 is 9.84 Å². The minimum absolute atomic E-state index is 0.142. The molecule has 1 heterocycles. The molecule has 2 fully saturated rings. The lowest BCUT2D eigenvalue weighted by atomic mass is 9.98. The molecule has 0 aromatic rings. The monoisotopic (exact) mass is 199 g/mol. The van der Waals surface area contributed by atoms with Crippen molar-refractivity contribution in [3.05, 3.63) is 0 Å². The minimum Gasteiger partial charge on any atom is -0.393 e. The van der Waals surface area contributed by atoms with Crippen LogP contribution in [0.2, 0.25) is 0 Å². The van der Waals surface area contributed by atoms with Crippen molar-refractivity contribution in [2.45, 2.75) is 38.3 Å². The highest BCUT2D eigenvalue weighted by molar-refractivity contribution is 4.86. The molecule has 2 atom stereocenters. The average molecular weight is 199 g/mol. The number of aliphatic hydroxyl groups is 1. The van der Waals surface area contributed by atoms with Crippen molar-refractivity contribution in [2.24, 2.45) is 5.92 Å². The Morgan fingerprint density at radius 3 is 2.71 bits per heavy atom. The van der Waals surface area contributed by atoms with Crippen molar-refractivity contribution in [2.75, 3.05) is 26.3 Å².